The van der Waals surface area contributed by atoms with Crippen LogP contribution in [0.3, 0.4) is 0 Å². The summed E-state index contributed by atoms with van der Waals surface area (Å²) in [4.78, 5) is 0. The quantitative estimate of drug-likeness (QED) is 0.930. The van der Waals surface area contributed by atoms with Crippen LogP contribution in [0.4, 0.5) is 4.39 Å². The maximum Gasteiger partial charge on any atom is 0.231 e. The van der Waals surface area contributed by atoms with Gasteiger partial charge in [0.15, 0.2) is 11.5 Å². The molecule has 1 N–H and O–H groups in total. The summed E-state index contributed by atoms with van der Waals surface area (Å²) in [6.45, 7) is -1.76. The smallest absolute Gasteiger partial charge is 0.231 e. The number of rotatable bonds is 4. The lowest BCUT2D eigenvalue weighted by Gasteiger charge is -2.32. The number of ether oxygens (including phenoxy) is 3. The Morgan fingerprint density at radius 1 is 1.29 bits per heavy atom. The fourth-order valence-corrected chi connectivity index (χ4v) is 2.83. The minimum absolute atomic E-state index is 0.00961. The Balaban J connectivity index is 1.61. The van der Waals surface area contributed by atoms with Crippen molar-refractivity contribution in [3.63, 3.8) is 0 Å². The molecule has 0 aromatic heterocycles. The molecular formula is C19H20FNO3. The van der Waals surface area contributed by atoms with E-state index in [1.54, 1.807) is 6.07 Å². The molecule has 0 saturated carbocycles. The Morgan fingerprint density at radius 2 is 2.12 bits per heavy atom. The molecule has 0 aliphatic carbocycles. The van der Waals surface area contributed by atoms with E-state index in [4.69, 9.17) is 23.8 Å². The first-order valence-electron chi connectivity index (χ1n) is 11.1. The van der Waals surface area contributed by atoms with Crippen molar-refractivity contribution < 1.29 is 28.2 Å². The van der Waals surface area contributed by atoms with Crippen LogP contribution in [-0.2, 0) is 0 Å². The third-order valence-corrected chi connectivity index (χ3v) is 4.06. The fourth-order valence-electron chi connectivity index (χ4n) is 2.83. The molecule has 2 aromatic carbocycles. The Hall–Kier alpha value is -2.27. The Morgan fingerprint density at radius 3 is 3.00 bits per heavy atom. The number of piperidine rings is 1. The zero-order valence-corrected chi connectivity index (χ0v) is 12.7. The normalized spacial score (nSPS) is 31.7. The molecule has 0 amide bonds. The van der Waals surface area contributed by atoms with E-state index in [2.05, 4.69) is 5.32 Å². The van der Waals surface area contributed by atoms with E-state index in [0.717, 1.165) is 0 Å². The van der Waals surface area contributed by atoms with Gasteiger partial charge in [0.05, 0.1) is 12.1 Å². The van der Waals surface area contributed by atoms with Crippen molar-refractivity contribution in [3.8, 4) is 17.2 Å². The Labute approximate surface area is 150 Å². The molecule has 1 saturated heterocycles. The van der Waals surface area contributed by atoms with Crippen molar-refractivity contribution >= 4 is 0 Å². The number of benzene rings is 2. The van der Waals surface area contributed by atoms with Gasteiger partial charge in [-0.05, 0) is 48.7 Å². The topological polar surface area (TPSA) is 39.7 Å². The zero-order chi connectivity index (χ0) is 22.6. The second kappa shape index (κ2) is 6.69. The summed E-state index contributed by atoms with van der Waals surface area (Å²) in [5.41, 5.74) is 0.00961. The van der Waals surface area contributed by atoms with E-state index in [0.29, 0.717) is 18.7 Å². The molecule has 5 heteroatoms. The van der Waals surface area contributed by atoms with Gasteiger partial charge in [0, 0.05) is 19.9 Å². The molecule has 2 heterocycles. The van der Waals surface area contributed by atoms with Gasteiger partial charge in [0.25, 0.3) is 0 Å². The number of halogens is 1. The maximum atomic E-state index is 14.0. The standard InChI is InChI=1S/C19H20FNO3/c20-15-3-1-13(2-4-15)17-7-8-21-10-14(17)11-22-16-5-6-18-19(9-16)24-12-23-18/h1-6,9,14,17,21H,7-8,10-12H2/t14-,17?/m1/s1/i1D,2D,3D,4D,12D2,14D. The summed E-state index contributed by atoms with van der Waals surface area (Å²) in [5.74, 6) is -2.57. The van der Waals surface area contributed by atoms with Gasteiger partial charge in [-0.25, -0.2) is 4.39 Å². The Bertz CT molecular complexity index is 1010. The van der Waals surface area contributed by atoms with Crippen molar-refractivity contribution in [1.82, 2.24) is 5.32 Å². The van der Waals surface area contributed by atoms with Crippen LogP contribution in [0.15, 0.2) is 42.4 Å². The lowest BCUT2D eigenvalue weighted by Crippen LogP contribution is -2.38. The van der Waals surface area contributed by atoms with Crippen molar-refractivity contribution in [2.45, 2.75) is 12.3 Å². The van der Waals surface area contributed by atoms with Crippen molar-refractivity contribution in [2.75, 3.05) is 26.4 Å². The number of nitrogens with one attached hydrogen (secondary N) is 1. The van der Waals surface area contributed by atoms with Crippen LogP contribution in [0.1, 0.15) is 27.5 Å². The largest absolute Gasteiger partial charge is 0.493 e. The maximum absolute atomic E-state index is 14.0. The number of hydrogen-bond donors (Lipinski definition) is 1. The SMILES string of the molecule is [2H]c1c([2H])c(C2CCNC[C@]2([2H])COc2ccc3c(c2)OC([2H])([2H])O3)c([2H])c([2H])c1F. The number of fused-ring (bicyclic) bond motifs is 1. The molecule has 1 fully saturated rings. The van der Waals surface area contributed by atoms with Crippen LogP contribution < -0.4 is 19.5 Å². The summed E-state index contributed by atoms with van der Waals surface area (Å²) < 4.78 is 85.7. The molecule has 0 spiro atoms. The molecule has 2 aromatic rings. The van der Waals surface area contributed by atoms with Crippen LogP contribution in [0.25, 0.3) is 0 Å². The van der Waals surface area contributed by atoms with E-state index >= 15 is 0 Å². The van der Waals surface area contributed by atoms with Gasteiger partial charge in [-0.15, -0.1) is 0 Å². The monoisotopic (exact) mass is 336 g/mol. The second-order valence-electron chi connectivity index (χ2n) is 5.59. The molecule has 1 unspecified atom stereocenters. The predicted molar refractivity (Wildman–Crippen MR) is 88.2 cm³/mol. The molecule has 0 bridgehead atoms. The lowest BCUT2D eigenvalue weighted by atomic mass is 9.81. The minimum atomic E-state index is -2.27. The highest BCUT2D eigenvalue weighted by Gasteiger charge is 2.27. The summed E-state index contributed by atoms with van der Waals surface area (Å²) in [6, 6.07) is 2.03. The summed E-state index contributed by atoms with van der Waals surface area (Å²) in [5, 5.41) is 3.09. The van der Waals surface area contributed by atoms with Crippen molar-refractivity contribution in [1.29, 1.82) is 0 Å². The molecular weight excluding hydrogens is 309 g/mol. The summed E-state index contributed by atoms with van der Waals surface area (Å²) in [6.07, 6.45) is 0.358. The predicted octanol–water partition coefficient (Wildman–Crippen LogP) is 3.33. The average molecular weight is 336 g/mol. The van der Waals surface area contributed by atoms with Crippen molar-refractivity contribution in [2.24, 2.45) is 5.89 Å². The van der Waals surface area contributed by atoms with E-state index < -0.39 is 48.5 Å². The van der Waals surface area contributed by atoms with Gasteiger partial charge in [0.1, 0.15) is 14.3 Å². The fraction of sp³-hybridized carbons (Fsp3) is 0.368. The van der Waals surface area contributed by atoms with Gasteiger partial charge in [-0.2, -0.15) is 0 Å². The molecule has 126 valence electrons. The first kappa shape index (κ1) is 9.28. The van der Waals surface area contributed by atoms with Gasteiger partial charge in [-0.1, -0.05) is 12.1 Å². The molecule has 4 nitrogen and oxygen atoms in total. The van der Waals surface area contributed by atoms with E-state index in [1.165, 1.54) is 12.1 Å². The first-order valence-corrected chi connectivity index (χ1v) is 7.64. The van der Waals surface area contributed by atoms with Gasteiger partial charge in [0.2, 0.25) is 6.75 Å². The second-order valence-corrected chi connectivity index (χ2v) is 5.59. The van der Waals surface area contributed by atoms with Crippen molar-refractivity contribution in [3.05, 3.63) is 53.7 Å². The molecule has 0 radical (unpaired) electrons. The van der Waals surface area contributed by atoms with Crippen LogP contribution in [0, 0.1) is 11.7 Å². The van der Waals surface area contributed by atoms with Crippen LogP contribution in [0.5, 0.6) is 17.2 Å². The molecule has 2 atom stereocenters. The number of hydrogen-bond acceptors (Lipinski definition) is 4. The summed E-state index contributed by atoms with van der Waals surface area (Å²) >= 11 is 0. The van der Waals surface area contributed by atoms with E-state index in [1.807, 2.05) is 0 Å². The first-order chi connectivity index (χ1) is 14.5. The summed E-state index contributed by atoms with van der Waals surface area (Å²) in [7, 11) is 0. The molecule has 2 aliphatic heterocycles. The van der Waals surface area contributed by atoms with E-state index in [-0.39, 0.29) is 30.2 Å². The average Bonchev–Trinajstić information content (AvgIpc) is 3.04. The molecule has 24 heavy (non-hydrogen) atoms. The zero-order valence-electron chi connectivity index (χ0n) is 19.7. The molecule has 4 rings (SSSR count). The lowest BCUT2D eigenvalue weighted by molar-refractivity contribution is 0.173. The highest BCUT2D eigenvalue weighted by molar-refractivity contribution is 5.46. The third kappa shape index (κ3) is 3.17. The van der Waals surface area contributed by atoms with E-state index in [9.17, 15) is 4.39 Å². The molecule has 2 aliphatic rings. The highest BCUT2D eigenvalue weighted by Crippen LogP contribution is 2.36. The van der Waals surface area contributed by atoms with Gasteiger partial charge in [-0.3, -0.25) is 0 Å². The minimum Gasteiger partial charge on any atom is -0.493 e. The van der Waals surface area contributed by atoms with Gasteiger partial charge >= 0.3 is 0 Å². The third-order valence-electron chi connectivity index (χ3n) is 4.06. The van der Waals surface area contributed by atoms with Crippen LogP contribution in [0.2, 0.25) is 0 Å². The van der Waals surface area contributed by atoms with Crippen LogP contribution in [-0.4, -0.2) is 26.4 Å². The Kier molecular flexibility index (Phi) is 2.59. The van der Waals surface area contributed by atoms with Gasteiger partial charge < -0.3 is 19.5 Å². The van der Waals surface area contributed by atoms with Crippen LogP contribution >= 0.6 is 0 Å². The highest BCUT2D eigenvalue weighted by atomic mass is 19.1.